The maximum Gasteiger partial charge on any atom is 0.422 e. The van der Waals surface area contributed by atoms with Gasteiger partial charge in [-0.15, -0.1) is 0 Å². The SMILES string of the molecule is O=C(Cc1ccccc1[N+](=O)[O-])Nc1nc2ccc(OCC(F)(F)F)cc2s1. The number of para-hydroxylation sites is 1. The van der Waals surface area contributed by atoms with Crippen LogP contribution in [0, 0.1) is 10.1 Å². The predicted molar refractivity (Wildman–Crippen MR) is 96.6 cm³/mol. The molecule has 0 fully saturated rings. The Morgan fingerprint density at radius 3 is 2.71 bits per heavy atom. The molecule has 0 radical (unpaired) electrons. The van der Waals surface area contributed by atoms with Crippen molar-refractivity contribution in [2.24, 2.45) is 0 Å². The molecule has 2 aromatic carbocycles. The second-order valence-electron chi connectivity index (χ2n) is 5.66. The standard InChI is InChI=1S/C17H12F3N3O4S/c18-17(19,20)9-27-11-5-6-12-14(8-11)28-16(21-12)22-15(24)7-10-3-1-2-4-13(10)23(25)26/h1-6,8H,7,9H2,(H,21,22,24). The number of nitro benzene ring substituents is 1. The lowest BCUT2D eigenvalue weighted by Crippen LogP contribution is -2.19. The minimum atomic E-state index is -4.44. The summed E-state index contributed by atoms with van der Waals surface area (Å²) in [5.74, 6) is -0.465. The second kappa shape index (κ2) is 7.80. The van der Waals surface area contributed by atoms with Crippen LogP contribution in [-0.4, -0.2) is 28.6 Å². The highest BCUT2D eigenvalue weighted by Crippen LogP contribution is 2.30. The summed E-state index contributed by atoms with van der Waals surface area (Å²) in [6, 6.07) is 10.1. The van der Waals surface area contributed by atoms with Crippen LogP contribution < -0.4 is 10.1 Å². The lowest BCUT2D eigenvalue weighted by atomic mass is 10.1. The first-order chi connectivity index (χ1) is 13.2. The molecular formula is C17H12F3N3O4S. The molecule has 1 N–H and O–H groups in total. The van der Waals surface area contributed by atoms with Crippen LogP contribution in [0.25, 0.3) is 10.2 Å². The number of nitrogens with one attached hydrogen (secondary N) is 1. The van der Waals surface area contributed by atoms with E-state index in [0.29, 0.717) is 10.2 Å². The second-order valence-corrected chi connectivity index (χ2v) is 6.69. The van der Waals surface area contributed by atoms with Gasteiger partial charge in [-0.1, -0.05) is 29.5 Å². The average molecular weight is 411 g/mol. The summed E-state index contributed by atoms with van der Waals surface area (Å²) in [5, 5.41) is 13.8. The van der Waals surface area contributed by atoms with E-state index in [4.69, 9.17) is 0 Å². The van der Waals surface area contributed by atoms with E-state index in [1.165, 1.54) is 36.4 Å². The van der Waals surface area contributed by atoms with Gasteiger partial charge in [0.15, 0.2) is 11.7 Å². The molecule has 146 valence electrons. The number of benzene rings is 2. The number of fused-ring (bicyclic) bond motifs is 1. The van der Waals surface area contributed by atoms with Gasteiger partial charge in [-0.3, -0.25) is 14.9 Å². The van der Waals surface area contributed by atoms with Crippen LogP contribution in [0.3, 0.4) is 0 Å². The summed E-state index contributed by atoms with van der Waals surface area (Å²) in [4.78, 5) is 26.8. The molecule has 0 aliphatic carbocycles. The van der Waals surface area contributed by atoms with Crippen molar-refractivity contribution in [3.8, 4) is 5.75 Å². The molecule has 0 atom stereocenters. The zero-order valence-corrected chi connectivity index (χ0v) is 14.8. The van der Waals surface area contributed by atoms with Crippen LogP contribution in [-0.2, 0) is 11.2 Å². The van der Waals surface area contributed by atoms with Crippen molar-refractivity contribution in [3.63, 3.8) is 0 Å². The molecule has 0 spiro atoms. The Morgan fingerprint density at radius 1 is 1.25 bits per heavy atom. The summed E-state index contributed by atoms with van der Waals surface area (Å²) >= 11 is 1.06. The Kier molecular flexibility index (Phi) is 5.45. The van der Waals surface area contributed by atoms with Gasteiger partial charge in [0.25, 0.3) is 5.69 Å². The van der Waals surface area contributed by atoms with Gasteiger partial charge in [-0.05, 0) is 18.2 Å². The number of thiazole rings is 1. The minimum absolute atomic E-state index is 0.0336. The molecule has 28 heavy (non-hydrogen) atoms. The number of anilines is 1. The third-order valence-electron chi connectivity index (χ3n) is 3.55. The van der Waals surface area contributed by atoms with E-state index >= 15 is 0 Å². The van der Waals surface area contributed by atoms with E-state index in [1.54, 1.807) is 6.07 Å². The normalized spacial score (nSPS) is 11.4. The molecule has 0 saturated heterocycles. The number of nitro groups is 1. The van der Waals surface area contributed by atoms with E-state index in [9.17, 15) is 28.1 Å². The van der Waals surface area contributed by atoms with Crippen molar-refractivity contribution >= 4 is 38.3 Å². The zero-order valence-electron chi connectivity index (χ0n) is 14.0. The van der Waals surface area contributed by atoms with Crippen LogP contribution in [0.2, 0.25) is 0 Å². The first kappa shape index (κ1) is 19.5. The van der Waals surface area contributed by atoms with Gasteiger partial charge in [0.05, 0.1) is 21.6 Å². The van der Waals surface area contributed by atoms with Crippen molar-refractivity contribution in [2.75, 3.05) is 11.9 Å². The van der Waals surface area contributed by atoms with Crippen molar-refractivity contribution in [1.82, 2.24) is 4.98 Å². The van der Waals surface area contributed by atoms with Gasteiger partial charge in [0.1, 0.15) is 5.75 Å². The maximum absolute atomic E-state index is 12.2. The number of rotatable bonds is 6. The molecule has 1 heterocycles. The number of aromatic nitrogens is 1. The molecule has 0 aliphatic heterocycles. The smallest absolute Gasteiger partial charge is 0.422 e. The molecule has 1 aromatic heterocycles. The zero-order chi connectivity index (χ0) is 20.3. The average Bonchev–Trinajstić information content (AvgIpc) is 3.00. The number of amides is 1. The molecule has 3 rings (SSSR count). The molecular weight excluding hydrogens is 399 g/mol. The Hall–Kier alpha value is -3.21. The third kappa shape index (κ3) is 4.94. The number of hydrogen-bond donors (Lipinski definition) is 1. The molecule has 1 amide bonds. The largest absolute Gasteiger partial charge is 0.484 e. The number of carbonyl (C=O) groups excluding carboxylic acids is 1. The summed E-state index contributed by atoms with van der Waals surface area (Å²) < 4.78 is 41.9. The summed E-state index contributed by atoms with van der Waals surface area (Å²) in [6.07, 6.45) is -4.66. The molecule has 0 aliphatic rings. The fourth-order valence-corrected chi connectivity index (χ4v) is 3.30. The Morgan fingerprint density at radius 2 is 2.00 bits per heavy atom. The van der Waals surface area contributed by atoms with Crippen LogP contribution in [0.1, 0.15) is 5.56 Å². The summed E-state index contributed by atoms with van der Waals surface area (Å²) in [7, 11) is 0. The van der Waals surface area contributed by atoms with Crippen LogP contribution in [0.15, 0.2) is 42.5 Å². The molecule has 11 heteroatoms. The van der Waals surface area contributed by atoms with E-state index in [0.717, 1.165) is 11.3 Å². The Labute approximate surface area is 159 Å². The fourth-order valence-electron chi connectivity index (χ4n) is 2.39. The topological polar surface area (TPSA) is 94.4 Å². The van der Waals surface area contributed by atoms with Crippen molar-refractivity contribution in [2.45, 2.75) is 12.6 Å². The first-order valence-electron chi connectivity index (χ1n) is 7.83. The van der Waals surface area contributed by atoms with Crippen LogP contribution >= 0.6 is 11.3 Å². The third-order valence-corrected chi connectivity index (χ3v) is 4.48. The number of halogens is 3. The Bertz CT molecular complexity index is 1040. The number of ether oxygens (including phenoxy) is 1. The van der Waals surface area contributed by atoms with E-state index in [1.807, 2.05) is 0 Å². The lowest BCUT2D eigenvalue weighted by molar-refractivity contribution is -0.385. The molecule has 0 unspecified atom stereocenters. The Balaban J connectivity index is 1.70. The van der Waals surface area contributed by atoms with Crippen molar-refractivity contribution in [3.05, 3.63) is 58.1 Å². The van der Waals surface area contributed by atoms with Crippen LogP contribution in [0.5, 0.6) is 5.75 Å². The highest BCUT2D eigenvalue weighted by Gasteiger charge is 2.28. The number of alkyl halides is 3. The minimum Gasteiger partial charge on any atom is -0.484 e. The van der Waals surface area contributed by atoms with Gasteiger partial charge in [-0.2, -0.15) is 13.2 Å². The van der Waals surface area contributed by atoms with Crippen molar-refractivity contribution in [1.29, 1.82) is 0 Å². The highest BCUT2D eigenvalue weighted by atomic mass is 32.1. The van der Waals surface area contributed by atoms with Gasteiger partial charge < -0.3 is 10.1 Å². The maximum atomic E-state index is 12.2. The van der Waals surface area contributed by atoms with Gasteiger partial charge in [-0.25, -0.2) is 4.98 Å². The summed E-state index contributed by atoms with van der Waals surface area (Å²) in [6.45, 7) is -1.41. The van der Waals surface area contributed by atoms with Gasteiger partial charge in [0, 0.05) is 11.6 Å². The summed E-state index contributed by atoms with van der Waals surface area (Å²) in [5.41, 5.74) is 0.577. The highest BCUT2D eigenvalue weighted by molar-refractivity contribution is 7.22. The predicted octanol–water partition coefficient (Wildman–Crippen LogP) is 4.33. The molecule has 0 bridgehead atoms. The number of hydrogen-bond acceptors (Lipinski definition) is 6. The van der Waals surface area contributed by atoms with Crippen LogP contribution in [0.4, 0.5) is 24.0 Å². The van der Waals surface area contributed by atoms with E-state index in [-0.39, 0.29) is 28.6 Å². The first-order valence-corrected chi connectivity index (χ1v) is 8.65. The fraction of sp³-hybridized carbons (Fsp3) is 0.176. The number of carbonyl (C=O) groups is 1. The van der Waals surface area contributed by atoms with Crippen molar-refractivity contribution < 1.29 is 27.6 Å². The quantitative estimate of drug-likeness (QED) is 0.481. The van der Waals surface area contributed by atoms with Gasteiger partial charge in [0.2, 0.25) is 5.91 Å². The van der Waals surface area contributed by atoms with Gasteiger partial charge >= 0.3 is 6.18 Å². The monoisotopic (exact) mass is 411 g/mol. The van der Waals surface area contributed by atoms with E-state index < -0.39 is 23.6 Å². The van der Waals surface area contributed by atoms with E-state index in [2.05, 4.69) is 15.0 Å². The lowest BCUT2D eigenvalue weighted by Gasteiger charge is -2.08. The molecule has 0 saturated carbocycles. The molecule has 7 nitrogen and oxygen atoms in total. The number of nitrogens with zero attached hydrogens (tertiary/aromatic N) is 2. The molecule has 3 aromatic rings.